The summed E-state index contributed by atoms with van der Waals surface area (Å²) in [6, 6.07) is 11.8. The van der Waals surface area contributed by atoms with Crippen molar-refractivity contribution in [3.63, 3.8) is 0 Å². The Kier molecular flexibility index (Phi) is 4.53. The number of para-hydroxylation sites is 1. The van der Waals surface area contributed by atoms with Crippen LogP contribution in [0.4, 0.5) is 0 Å². The number of carbonyl (C=O) groups excluding carboxylic acids is 1. The summed E-state index contributed by atoms with van der Waals surface area (Å²) in [5, 5.41) is 8.50. The summed E-state index contributed by atoms with van der Waals surface area (Å²) in [4.78, 5) is 24.5. The predicted octanol–water partition coefficient (Wildman–Crippen LogP) is 1.97. The molecule has 0 saturated carbocycles. The van der Waals surface area contributed by atoms with Gasteiger partial charge in [-0.05, 0) is 32.0 Å². The van der Waals surface area contributed by atoms with Crippen molar-refractivity contribution in [3.8, 4) is 11.7 Å². The maximum absolute atomic E-state index is 12.7. The number of aromatic nitrogens is 5. The lowest BCUT2D eigenvalue weighted by atomic mass is 10.3. The normalized spacial score (nSPS) is 16.5. The van der Waals surface area contributed by atoms with E-state index in [9.17, 15) is 4.79 Å². The fraction of sp³-hybridized carbons (Fsp3) is 0.316. The van der Waals surface area contributed by atoms with Gasteiger partial charge >= 0.3 is 6.01 Å². The lowest BCUT2D eigenvalue weighted by Crippen LogP contribution is -2.31. The fourth-order valence-electron chi connectivity index (χ4n) is 3.11. The molecule has 0 radical (unpaired) electrons. The SMILES string of the molecule is Cc1cc(C)nc(O[C@H]2CCN(C(=O)c3cnn(-c4ccccc4)n3)C2)n1. The van der Waals surface area contributed by atoms with Crippen molar-refractivity contribution in [2.45, 2.75) is 26.4 Å². The molecule has 1 atom stereocenters. The zero-order valence-corrected chi connectivity index (χ0v) is 15.2. The Hall–Kier alpha value is -3.29. The number of rotatable bonds is 4. The van der Waals surface area contributed by atoms with Gasteiger partial charge in [-0.25, -0.2) is 9.97 Å². The molecular formula is C19H20N6O2. The number of ether oxygens (including phenoxy) is 1. The quantitative estimate of drug-likeness (QED) is 0.703. The molecule has 1 fully saturated rings. The third kappa shape index (κ3) is 3.79. The van der Waals surface area contributed by atoms with Crippen LogP contribution in [-0.2, 0) is 0 Å². The average Bonchev–Trinajstić information content (AvgIpc) is 3.31. The second-order valence-corrected chi connectivity index (χ2v) is 6.57. The molecule has 1 amide bonds. The smallest absolute Gasteiger partial charge is 0.317 e. The highest BCUT2D eigenvalue weighted by molar-refractivity contribution is 5.92. The second kappa shape index (κ2) is 7.14. The zero-order chi connectivity index (χ0) is 18.8. The van der Waals surface area contributed by atoms with E-state index >= 15 is 0 Å². The van der Waals surface area contributed by atoms with Crippen molar-refractivity contribution in [1.82, 2.24) is 29.9 Å². The Bertz CT molecular complexity index is 936. The summed E-state index contributed by atoms with van der Waals surface area (Å²) in [7, 11) is 0. The van der Waals surface area contributed by atoms with Crippen LogP contribution >= 0.6 is 0 Å². The van der Waals surface area contributed by atoms with Gasteiger partial charge in [-0.15, -0.1) is 5.10 Å². The van der Waals surface area contributed by atoms with Crippen molar-refractivity contribution in [1.29, 1.82) is 0 Å². The first kappa shape index (κ1) is 17.1. The van der Waals surface area contributed by atoms with Gasteiger partial charge < -0.3 is 9.64 Å². The third-order valence-corrected chi connectivity index (χ3v) is 4.36. The number of amides is 1. The molecule has 138 valence electrons. The van der Waals surface area contributed by atoms with Gasteiger partial charge in [0.1, 0.15) is 6.10 Å². The molecule has 8 heteroatoms. The summed E-state index contributed by atoms with van der Waals surface area (Å²) < 4.78 is 5.87. The third-order valence-electron chi connectivity index (χ3n) is 4.36. The lowest BCUT2D eigenvalue weighted by Gasteiger charge is -2.15. The molecule has 4 rings (SSSR count). The Morgan fingerprint density at radius 3 is 2.63 bits per heavy atom. The van der Waals surface area contributed by atoms with E-state index in [0.717, 1.165) is 23.5 Å². The monoisotopic (exact) mass is 364 g/mol. The van der Waals surface area contributed by atoms with Gasteiger partial charge in [0, 0.05) is 24.4 Å². The molecular weight excluding hydrogens is 344 g/mol. The van der Waals surface area contributed by atoms with Crippen molar-refractivity contribution in [2.24, 2.45) is 0 Å². The number of benzene rings is 1. The van der Waals surface area contributed by atoms with E-state index in [-0.39, 0.29) is 12.0 Å². The van der Waals surface area contributed by atoms with Crippen LogP contribution in [0.5, 0.6) is 6.01 Å². The molecule has 1 aliphatic rings. The Morgan fingerprint density at radius 1 is 1.15 bits per heavy atom. The highest BCUT2D eigenvalue weighted by atomic mass is 16.5. The molecule has 3 aromatic rings. The minimum Gasteiger partial charge on any atom is -0.458 e. The van der Waals surface area contributed by atoms with Gasteiger partial charge in [0.2, 0.25) is 0 Å². The Labute approximate surface area is 156 Å². The molecule has 27 heavy (non-hydrogen) atoms. The van der Waals surface area contributed by atoms with Crippen LogP contribution in [-0.4, -0.2) is 55.0 Å². The summed E-state index contributed by atoms with van der Waals surface area (Å²) in [5.41, 5.74) is 2.86. The van der Waals surface area contributed by atoms with Crippen molar-refractivity contribution < 1.29 is 9.53 Å². The van der Waals surface area contributed by atoms with E-state index in [1.165, 1.54) is 11.0 Å². The van der Waals surface area contributed by atoms with Gasteiger partial charge in [0.25, 0.3) is 5.91 Å². The maximum atomic E-state index is 12.7. The zero-order valence-electron chi connectivity index (χ0n) is 15.2. The number of aryl methyl sites for hydroxylation is 2. The average molecular weight is 364 g/mol. The van der Waals surface area contributed by atoms with Gasteiger partial charge in [0.15, 0.2) is 5.69 Å². The van der Waals surface area contributed by atoms with Gasteiger partial charge in [-0.2, -0.15) is 9.90 Å². The standard InChI is InChI=1S/C19H20N6O2/c1-13-10-14(2)22-19(21-13)27-16-8-9-24(12-16)18(26)17-11-20-25(23-17)15-6-4-3-5-7-15/h3-7,10-11,16H,8-9,12H2,1-2H3/t16-/m0/s1. The second-order valence-electron chi connectivity index (χ2n) is 6.57. The number of hydrogen-bond acceptors (Lipinski definition) is 6. The maximum Gasteiger partial charge on any atom is 0.317 e. The Balaban J connectivity index is 1.41. The van der Waals surface area contributed by atoms with E-state index < -0.39 is 0 Å². The highest BCUT2D eigenvalue weighted by Gasteiger charge is 2.30. The van der Waals surface area contributed by atoms with Gasteiger partial charge in [-0.1, -0.05) is 18.2 Å². The molecule has 0 unspecified atom stereocenters. The lowest BCUT2D eigenvalue weighted by molar-refractivity contribution is 0.0763. The number of nitrogens with zero attached hydrogens (tertiary/aromatic N) is 6. The van der Waals surface area contributed by atoms with Crippen LogP contribution in [0.25, 0.3) is 5.69 Å². The molecule has 2 aromatic heterocycles. The number of hydrogen-bond donors (Lipinski definition) is 0. The van der Waals surface area contributed by atoms with Crippen molar-refractivity contribution in [3.05, 3.63) is 59.7 Å². The first-order chi connectivity index (χ1) is 13.1. The van der Waals surface area contributed by atoms with Crippen LogP contribution < -0.4 is 4.74 Å². The minimum atomic E-state index is -0.148. The van der Waals surface area contributed by atoms with Gasteiger partial charge in [0.05, 0.1) is 18.4 Å². The molecule has 1 aliphatic heterocycles. The first-order valence-corrected chi connectivity index (χ1v) is 8.84. The molecule has 0 N–H and O–H groups in total. The predicted molar refractivity (Wildman–Crippen MR) is 97.8 cm³/mol. The van der Waals surface area contributed by atoms with Crippen LogP contribution in [0.3, 0.4) is 0 Å². The molecule has 3 heterocycles. The largest absolute Gasteiger partial charge is 0.458 e. The first-order valence-electron chi connectivity index (χ1n) is 8.84. The molecule has 1 saturated heterocycles. The van der Waals surface area contributed by atoms with E-state index in [0.29, 0.717) is 24.8 Å². The Morgan fingerprint density at radius 2 is 1.89 bits per heavy atom. The molecule has 0 spiro atoms. The van der Waals surface area contributed by atoms with Crippen LogP contribution in [0.1, 0.15) is 28.3 Å². The van der Waals surface area contributed by atoms with Gasteiger partial charge in [-0.3, -0.25) is 4.79 Å². The topological polar surface area (TPSA) is 86.0 Å². The molecule has 8 nitrogen and oxygen atoms in total. The number of likely N-dealkylation sites (tertiary alicyclic amines) is 1. The molecule has 0 bridgehead atoms. The minimum absolute atomic E-state index is 0.126. The van der Waals surface area contributed by atoms with Crippen molar-refractivity contribution in [2.75, 3.05) is 13.1 Å². The van der Waals surface area contributed by atoms with E-state index in [4.69, 9.17) is 4.74 Å². The van der Waals surface area contributed by atoms with Crippen molar-refractivity contribution >= 4 is 5.91 Å². The molecule has 0 aliphatic carbocycles. The summed E-state index contributed by atoms with van der Waals surface area (Å²) in [5.74, 6) is -0.148. The van der Waals surface area contributed by atoms with Crippen LogP contribution in [0, 0.1) is 13.8 Å². The molecule has 1 aromatic carbocycles. The fourth-order valence-corrected chi connectivity index (χ4v) is 3.11. The highest BCUT2D eigenvalue weighted by Crippen LogP contribution is 2.18. The van der Waals surface area contributed by atoms with E-state index in [1.807, 2.05) is 50.2 Å². The summed E-state index contributed by atoms with van der Waals surface area (Å²) in [6.45, 7) is 4.89. The summed E-state index contributed by atoms with van der Waals surface area (Å²) in [6.07, 6.45) is 2.10. The van der Waals surface area contributed by atoms with E-state index in [2.05, 4.69) is 20.2 Å². The van der Waals surface area contributed by atoms with E-state index in [1.54, 1.807) is 4.90 Å². The number of carbonyl (C=O) groups is 1. The summed E-state index contributed by atoms with van der Waals surface area (Å²) >= 11 is 0. The van der Waals surface area contributed by atoms with Crippen LogP contribution in [0.15, 0.2) is 42.6 Å². The van der Waals surface area contributed by atoms with Crippen LogP contribution in [0.2, 0.25) is 0 Å².